The third-order valence-electron chi connectivity index (χ3n) is 5.69. The number of likely N-dealkylation sites (N-methyl/N-ethyl adjacent to an activating group) is 2. The molecule has 0 saturated carbocycles. The van der Waals surface area contributed by atoms with E-state index in [1.54, 1.807) is 6.20 Å². The van der Waals surface area contributed by atoms with Crippen LogP contribution in [-0.2, 0) is 4.79 Å². The van der Waals surface area contributed by atoms with Crippen molar-refractivity contribution in [1.29, 1.82) is 0 Å². The molecule has 0 spiro atoms. The predicted octanol–water partition coefficient (Wildman–Crippen LogP) is 4.52. The second-order valence-electron chi connectivity index (χ2n) is 9.13. The molecule has 0 aliphatic rings. The maximum absolute atomic E-state index is 11.1. The topological polar surface area (TPSA) is 87.5 Å². The molecule has 0 atom stereocenters. The van der Waals surface area contributed by atoms with E-state index in [2.05, 4.69) is 52.6 Å². The van der Waals surface area contributed by atoms with Gasteiger partial charge in [0.1, 0.15) is 11.6 Å². The summed E-state index contributed by atoms with van der Waals surface area (Å²) in [4.78, 5) is 24.6. The number of amides is 1. The Morgan fingerprint density at radius 3 is 2.64 bits per heavy atom. The van der Waals surface area contributed by atoms with Gasteiger partial charge in [-0.25, -0.2) is 4.98 Å². The highest BCUT2D eigenvalue weighted by atomic mass is 16.5. The molecule has 9 nitrogen and oxygen atoms in total. The zero-order chi connectivity index (χ0) is 25.7. The molecule has 0 aliphatic heterocycles. The van der Waals surface area contributed by atoms with Gasteiger partial charge in [0.2, 0.25) is 12.4 Å². The van der Waals surface area contributed by atoms with Crippen LogP contribution in [0.5, 0.6) is 5.75 Å². The summed E-state index contributed by atoms with van der Waals surface area (Å²) >= 11 is 0. The number of ether oxygens (including phenoxy) is 1. The Morgan fingerprint density at radius 1 is 1.08 bits per heavy atom. The molecule has 36 heavy (non-hydrogen) atoms. The lowest BCUT2D eigenvalue weighted by Crippen LogP contribution is -2.29. The Labute approximate surface area is 211 Å². The standard InChI is InChI=1S/C27H33N7O2/c1-19(2)36-25-16-20(10-11-24(25)33(5)15-14-32(3)4)30-27-28-13-12-26(31-27)34-17-22(29-18-35)21-8-6-7-9-23(21)34/h6-13,16-19H,14-15H2,1-5H3,(H,29,35)(H,28,30,31). The number of hydrogen-bond acceptors (Lipinski definition) is 7. The van der Waals surface area contributed by atoms with Crippen LogP contribution in [0.15, 0.2) is 60.9 Å². The quantitative estimate of drug-likeness (QED) is 0.301. The molecule has 2 aromatic heterocycles. The van der Waals surface area contributed by atoms with E-state index in [9.17, 15) is 4.79 Å². The third kappa shape index (κ3) is 5.75. The first kappa shape index (κ1) is 25.0. The van der Waals surface area contributed by atoms with Crippen molar-refractivity contribution in [2.75, 3.05) is 49.8 Å². The number of nitrogens with zero attached hydrogens (tertiary/aromatic N) is 5. The second kappa shape index (κ2) is 11.1. The molecule has 4 aromatic rings. The van der Waals surface area contributed by atoms with Gasteiger partial charge < -0.3 is 25.2 Å². The maximum atomic E-state index is 11.1. The van der Waals surface area contributed by atoms with Crippen molar-refractivity contribution in [3.05, 3.63) is 60.9 Å². The van der Waals surface area contributed by atoms with Crippen molar-refractivity contribution >= 4 is 40.3 Å². The molecule has 9 heteroatoms. The van der Waals surface area contributed by atoms with E-state index in [4.69, 9.17) is 9.72 Å². The molecule has 4 rings (SSSR count). The van der Waals surface area contributed by atoms with E-state index >= 15 is 0 Å². The highest BCUT2D eigenvalue weighted by molar-refractivity contribution is 5.97. The molecule has 188 valence electrons. The number of aromatic nitrogens is 3. The lowest BCUT2D eigenvalue weighted by atomic mass is 10.2. The zero-order valence-electron chi connectivity index (χ0n) is 21.4. The second-order valence-corrected chi connectivity index (χ2v) is 9.13. The first-order valence-electron chi connectivity index (χ1n) is 11.9. The Bertz CT molecular complexity index is 1330. The minimum Gasteiger partial charge on any atom is -0.489 e. The van der Waals surface area contributed by atoms with Gasteiger partial charge in [0.25, 0.3) is 0 Å². The third-order valence-corrected chi connectivity index (χ3v) is 5.69. The van der Waals surface area contributed by atoms with Gasteiger partial charge in [0.15, 0.2) is 0 Å². The smallest absolute Gasteiger partial charge is 0.229 e. The number of carbonyl (C=O) groups excluding carboxylic acids is 1. The fourth-order valence-corrected chi connectivity index (χ4v) is 3.95. The first-order chi connectivity index (χ1) is 17.4. The van der Waals surface area contributed by atoms with E-state index in [0.29, 0.717) is 18.2 Å². The maximum Gasteiger partial charge on any atom is 0.229 e. The first-order valence-corrected chi connectivity index (χ1v) is 11.9. The highest BCUT2D eigenvalue weighted by Crippen LogP contribution is 2.33. The summed E-state index contributed by atoms with van der Waals surface area (Å²) < 4.78 is 8.08. The summed E-state index contributed by atoms with van der Waals surface area (Å²) in [6, 6.07) is 15.7. The number of para-hydroxylation sites is 1. The van der Waals surface area contributed by atoms with Crippen LogP contribution in [0.1, 0.15) is 13.8 Å². The lowest BCUT2D eigenvalue weighted by Gasteiger charge is -2.25. The van der Waals surface area contributed by atoms with E-state index in [-0.39, 0.29) is 6.10 Å². The average molecular weight is 488 g/mol. The molecule has 0 radical (unpaired) electrons. The molecule has 0 aliphatic carbocycles. The summed E-state index contributed by atoms with van der Waals surface area (Å²) in [5, 5.41) is 7.01. The number of benzene rings is 2. The van der Waals surface area contributed by atoms with Crippen LogP contribution in [0.2, 0.25) is 0 Å². The molecule has 0 bridgehead atoms. The summed E-state index contributed by atoms with van der Waals surface area (Å²) in [5.74, 6) is 1.94. The molecule has 0 saturated heterocycles. The van der Waals surface area contributed by atoms with Crippen molar-refractivity contribution < 1.29 is 9.53 Å². The largest absolute Gasteiger partial charge is 0.489 e. The van der Waals surface area contributed by atoms with Crippen LogP contribution in [-0.4, -0.2) is 66.2 Å². The number of carbonyl (C=O) groups is 1. The minimum absolute atomic E-state index is 0.0389. The van der Waals surface area contributed by atoms with Crippen LogP contribution in [0, 0.1) is 0 Å². The average Bonchev–Trinajstić information content (AvgIpc) is 3.21. The van der Waals surface area contributed by atoms with E-state index in [1.807, 2.05) is 67.1 Å². The van der Waals surface area contributed by atoms with Gasteiger partial charge in [0.05, 0.1) is 23.0 Å². The number of hydrogen-bond donors (Lipinski definition) is 2. The molecule has 2 N–H and O–H groups in total. The molecular formula is C27H33N7O2. The molecule has 0 unspecified atom stereocenters. The molecule has 2 heterocycles. The minimum atomic E-state index is 0.0389. The fraction of sp³-hybridized carbons (Fsp3) is 0.296. The van der Waals surface area contributed by atoms with Gasteiger partial charge in [-0.05, 0) is 52.2 Å². The van der Waals surface area contributed by atoms with Crippen LogP contribution < -0.4 is 20.3 Å². The van der Waals surface area contributed by atoms with Gasteiger partial charge in [-0.3, -0.25) is 9.36 Å². The molecular weight excluding hydrogens is 454 g/mol. The summed E-state index contributed by atoms with van der Waals surface area (Å²) in [7, 11) is 6.20. The molecule has 0 fully saturated rings. The predicted molar refractivity (Wildman–Crippen MR) is 146 cm³/mol. The van der Waals surface area contributed by atoms with Gasteiger partial charge in [-0.2, -0.15) is 4.98 Å². The Kier molecular flexibility index (Phi) is 7.70. The van der Waals surface area contributed by atoms with Crippen LogP contribution in [0.3, 0.4) is 0 Å². The van der Waals surface area contributed by atoms with Gasteiger partial charge in [0, 0.05) is 49.7 Å². The zero-order valence-corrected chi connectivity index (χ0v) is 21.4. The van der Waals surface area contributed by atoms with Crippen molar-refractivity contribution in [2.45, 2.75) is 20.0 Å². The highest BCUT2D eigenvalue weighted by Gasteiger charge is 2.14. The Morgan fingerprint density at radius 2 is 1.89 bits per heavy atom. The van der Waals surface area contributed by atoms with Crippen molar-refractivity contribution in [1.82, 2.24) is 19.4 Å². The van der Waals surface area contributed by atoms with Crippen molar-refractivity contribution in [2.24, 2.45) is 0 Å². The SMILES string of the molecule is CC(C)Oc1cc(Nc2nccc(-n3cc(NC=O)c4ccccc43)n2)ccc1N(C)CCN(C)C. The van der Waals surface area contributed by atoms with Crippen molar-refractivity contribution in [3.63, 3.8) is 0 Å². The van der Waals surface area contributed by atoms with E-state index in [1.165, 1.54) is 0 Å². The van der Waals surface area contributed by atoms with Crippen LogP contribution in [0.25, 0.3) is 16.7 Å². The van der Waals surface area contributed by atoms with Crippen LogP contribution >= 0.6 is 0 Å². The summed E-state index contributed by atoms with van der Waals surface area (Å²) in [5.41, 5.74) is 3.51. The molecule has 2 aromatic carbocycles. The number of rotatable bonds is 11. The normalized spacial score (nSPS) is 11.2. The summed E-state index contributed by atoms with van der Waals surface area (Å²) in [6.45, 7) is 5.86. The van der Waals surface area contributed by atoms with E-state index < -0.39 is 0 Å². The molecule has 1 amide bonds. The van der Waals surface area contributed by atoms with Crippen LogP contribution in [0.4, 0.5) is 23.0 Å². The Balaban J connectivity index is 1.62. The van der Waals surface area contributed by atoms with Gasteiger partial charge in [-0.1, -0.05) is 18.2 Å². The van der Waals surface area contributed by atoms with Gasteiger partial charge >= 0.3 is 0 Å². The number of fused-ring (bicyclic) bond motifs is 1. The number of anilines is 4. The monoisotopic (exact) mass is 487 g/mol. The number of nitrogens with one attached hydrogen (secondary N) is 2. The van der Waals surface area contributed by atoms with Gasteiger partial charge in [-0.15, -0.1) is 0 Å². The summed E-state index contributed by atoms with van der Waals surface area (Å²) in [6.07, 6.45) is 4.29. The Hall–Kier alpha value is -4.11. The fourth-order valence-electron chi connectivity index (χ4n) is 3.95. The van der Waals surface area contributed by atoms with E-state index in [0.717, 1.165) is 46.8 Å². The lowest BCUT2D eigenvalue weighted by molar-refractivity contribution is -0.105. The van der Waals surface area contributed by atoms with Crippen molar-refractivity contribution in [3.8, 4) is 11.6 Å².